The molecular weight excluding hydrogens is 242 g/mol. The Morgan fingerprint density at radius 1 is 1.39 bits per heavy atom. The predicted octanol–water partition coefficient (Wildman–Crippen LogP) is -0.0697. The predicted molar refractivity (Wildman–Crippen MR) is 55.8 cm³/mol. The second-order valence-electron chi connectivity index (χ2n) is 3.63. The molecular formula is C11H9F3LiNO2. The number of H-pyrrole nitrogens is 1. The first kappa shape index (κ1) is 14.7. The molecule has 92 valence electrons. The van der Waals surface area contributed by atoms with Crippen molar-refractivity contribution in [2.75, 3.05) is 0 Å². The molecule has 1 aromatic carbocycles. The number of aromatic nitrogens is 1. The minimum atomic E-state index is -4.45. The molecule has 2 rings (SSSR count). The molecule has 0 aliphatic carbocycles. The van der Waals surface area contributed by atoms with E-state index in [2.05, 4.69) is 4.98 Å². The molecule has 0 unspecified atom stereocenters. The Morgan fingerprint density at radius 3 is 2.61 bits per heavy atom. The van der Waals surface area contributed by atoms with Gasteiger partial charge in [0.15, 0.2) is 0 Å². The summed E-state index contributed by atoms with van der Waals surface area (Å²) in [5.41, 5.74) is -0.605. The molecule has 0 aliphatic rings. The summed E-state index contributed by atoms with van der Waals surface area (Å²) in [6.07, 6.45) is -4.78. The van der Waals surface area contributed by atoms with Crippen molar-refractivity contribution in [3.8, 4) is 0 Å². The van der Waals surface area contributed by atoms with E-state index in [0.717, 1.165) is 6.07 Å². The first-order valence-electron chi connectivity index (χ1n) is 4.77. The van der Waals surface area contributed by atoms with Crippen LogP contribution in [0.25, 0.3) is 10.9 Å². The van der Waals surface area contributed by atoms with E-state index >= 15 is 0 Å². The Hall–Kier alpha value is -1.38. The fourth-order valence-corrected chi connectivity index (χ4v) is 1.71. The molecule has 2 N–H and O–H groups in total. The third-order valence-corrected chi connectivity index (χ3v) is 2.36. The quantitative estimate of drug-likeness (QED) is 0.734. The van der Waals surface area contributed by atoms with Gasteiger partial charge in [-0.05, 0) is 12.1 Å². The molecule has 0 aliphatic heterocycles. The number of aliphatic carboxylic acids is 1. The van der Waals surface area contributed by atoms with Crippen molar-refractivity contribution in [1.82, 2.24) is 4.98 Å². The standard InChI is InChI=1S/C11H8F3NO2.Li.H/c12-11(13,14)8-3-1-2-6-4-7(5-9(16)17)15-10(6)8;;/h1-4,15H,5H2,(H,16,17);;/q;+1;-1. The third kappa shape index (κ3) is 2.89. The molecule has 18 heavy (non-hydrogen) atoms. The van der Waals surface area contributed by atoms with Crippen molar-refractivity contribution in [2.45, 2.75) is 12.6 Å². The van der Waals surface area contributed by atoms with Crippen molar-refractivity contribution < 1.29 is 43.4 Å². The number of carboxylic acid groups (broad SMARTS) is 1. The van der Waals surface area contributed by atoms with E-state index in [0.29, 0.717) is 5.39 Å². The van der Waals surface area contributed by atoms with Gasteiger partial charge in [0.25, 0.3) is 0 Å². The van der Waals surface area contributed by atoms with Crippen LogP contribution in [0.2, 0.25) is 0 Å². The number of carbonyl (C=O) groups is 1. The van der Waals surface area contributed by atoms with Gasteiger partial charge in [0.2, 0.25) is 0 Å². The molecule has 0 bridgehead atoms. The van der Waals surface area contributed by atoms with Gasteiger partial charge in [-0.25, -0.2) is 0 Å². The van der Waals surface area contributed by atoms with Gasteiger partial charge in [0.05, 0.1) is 17.5 Å². The zero-order valence-electron chi connectivity index (χ0n) is 10.5. The maximum Gasteiger partial charge on any atom is 1.00 e. The van der Waals surface area contributed by atoms with Crippen LogP contribution >= 0.6 is 0 Å². The Labute approximate surface area is 114 Å². The molecule has 0 atom stereocenters. The van der Waals surface area contributed by atoms with E-state index < -0.39 is 17.7 Å². The summed E-state index contributed by atoms with van der Waals surface area (Å²) < 4.78 is 38.0. The number of halogens is 3. The van der Waals surface area contributed by atoms with Crippen LogP contribution in [0.4, 0.5) is 13.2 Å². The number of alkyl halides is 3. The van der Waals surface area contributed by atoms with Gasteiger partial charge in [-0.15, -0.1) is 0 Å². The molecule has 0 saturated heterocycles. The van der Waals surface area contributed by atoms with Crippen molar-refractivity contribution in [3.05, 3.63) is 35.5 Å². The molecule has 2 aromatic rings. The van der Waals surface area contributed by atoms with E-state index in [1.165, 1.54) is 18.2 Å². The summed E-state index contributed by atoms with van der Waals surface area (Å²) >= 11 is 0. The van der Waals surface area contributed by atoms with Crippen LogP contribution in [0.15, 0.2) is 24.3 Å². The van der Waals surface area contributed by atoms with Crippen LogP contribution < -0.4 is 18.9 Å². The molecule has 7 heteroatoms. The second kappa shape index (κ2) is 5.08. The average molecular weight is 251 g/mol. The molecule has 3 nitrogen and oxygen atoms in total. The van der Waals surface area contributed by atoms with Crippen LogP contribution in [-0.2, 0) is 17.4 Å². The maximum atomic E-state index is 12.7. The fraction of sp³-hybridized carbons (Fsp3) is 0.182. The molecule has 0 radical (unpaired) electrons. The largest absolute Gasteiger partial charge is 1.00 e. The van der Waals surface area contributed by atoms with Gasteiger partial charge >= 0.3 is 31.0 Å². The van der Waals surface area contributed by atoms with E-state index in [1.807, 2.05) is 0 Å². The van der Waals surface area contributed by atoms with Crippen LogP contribution in [0.5, 0.6) is 0 Å². The number of nitrogens with one attached hydrogen (secondary N) is 1. The van der Waals surface area contributed by atoms with Crippen LogP contribution in [0, 0.1) is 0 Å². The zero-order valence-corrected chi connectivity index (χ0v) is 9.51. The summed E-state index contributed by atoms with van der Waals surface area (Å²) in [5.74, 6) is -1.09. The number of aromatic amines is 1. The van der Waals surface area contributed by atoms with E-state index in [4.69, 9.17) is 5.11 Å². The molecule has 1 heterocycles. The van der Waals surface area contributed by atoms with Crippen molar-refractivity contribution in [2.24, 2.45) is 0 Å². The molecule has 0 amide bonds. The minimum absolute atomic E-state index is 0. The molecule has 0 spiro atoms. The molecule has 1 aromatic heterocycles. The van der Waals surface area contributed by atoms with Crippen molar-refractivity contribution in [1.29, 1.82) is 0 Å². The summed E-state index contributed by atoms with van der Waals surface area (Å²) in [5, 5.41) is 8.94. The number of rotatable bonds is 2. The van der Waals surface area contributed by atoms with Crippen LogP contribution in [0.3, 0.4) is 0 Å². The van der Waals surface area contributed by atoms with Crippen molar-refractivity contribution in [3.63, 3.8) is 0 Å². The van der Waals surface area contributed by atoms with Gasteiger partial charge < -0.3 is 11.5 Å². The van der Waals surface area contributed by atoms with Gasteiger partial charge in [0.1, 0.15) is 0 Å². The fourth-order valence-electron chi connectivity index (χ4n) is 1.71. The Morgan fingerprint density at radius 2 is 2.06 bits per heavy atom. The Bertz CT molecular complexity index is 583. The van der Waals surface area contributed by atoms with Crippen LogP contribution in [-0.4, -0.2) is 16.1 Å². The summed E-state index contributed by atoms with van der Waals surface area (Å²) in [4.78, 5) is 13.0. The molecule has 0 fully saturated rings. The number of para-hydroxylation sites is 1. The number of carboxylic acids is 1. The smallest absolute Gasteiger partial charge is 1.00 e. The molecule has 0 saturated carbocycles. The average Bonchev–Trinajstić information content (AvgIpc) is 2.55. The van der Waals surface area contributed by atoms with E-state index in [9.17, 15) is 18.0 Å². The normalized spacial score (nSPS) is 11.3. The van der Waals surface area contributed by atoms with E-state index in [1.54, 1.807) is 0 Å². The van der Waals surface area contributed by atoms with Gasteiger partial charge in [-0.2, -0.15) is 13.2 Å². The number of hydrogen-bond acceptors (Lipinski definition) is 1. The SMILES string of the molecule is O=C(O)Cc1cc2cccc(C(F)(F)F)c2[nH]1.[H-].[Li+]. The van der Waals surface area contributed by atoms with Gasteiger partial charge in [0, 0.05) is 11.1 Å². The third-order valence-electron chi connectivity index (χ3n) is 2.36. The number of hydrogen-bond donors (Lipinski definition) is 2. The van der Waals surface area contributed by atoms with E-state index in [-0.39, 0.29) is 37.9 Å². The topological polar surface area (TPSA) is 53.1 Å². The number of benzene rings is 1. The summed E-state index contributed by atoms with van der Waals surface area (Å²) in [7, 11) is 0. The van der Waals surface area contributed by atoms with Crippen molar-refractivity contribution >= 4 is 16.9 Å². The zero-order chi connectivity index (χ0) is 12.6. The second-order valence-corrected chi connectivity index (χ2v) is 3.63. The van der Waals surface area contributed by atoms with Crippen LogP contribution in [0.1, 0.15) is 12.7 Å². The Kier molecular flexibility index (Phi) is 4.15. The first-order valence-corrected chi connectivity index (χ1v) is 4.77. The van der Waals surface area contributed by atoms with Gasteiger partial charge in [-0.1, -0.05) is 12.1 Å². The first-order chi connectivity index (χ1) is 7.88. The summed E-state index contributed by atoms with van der Waals surface area (Å²) in [6.45, 7) is 0. The monoisotopic (exact) mass is 251 g/mol. The number of fused-ring (bicyclic) bond motifs is 1. The Balaban J connectivity index is 0.00000162. The van der Waals surface area contributed by atoms with Gasteiger partial charge in [-0.3, -0.25) is 4.79 Å². The maximum absolute atomic E-state index is 12.7. The minimum Gasteiger partial charge on any atom is -1.00 e. The summed E-state index contributed by atoms with van der Waals surface area (Å²) in [6, 6.07) is 5.18.